The Morgan fingerprint density at radius 2 is 1.10 bits per heavy atom. The van der Waals surface area contributed by atoms with Gasteiger partial charge in [-0.3, -0.25) is 14.4 Å². The maximum Gasteiger partial charge on any atom is 0.222 e. The van der Waals surface area contributed by atoms with Crippen LogP contribution in [0.1, 0.15) is 95.7 Å². The van der Waals surface area contributed by atoms with Gasteiger partial charge in [0.1, 0.15) is 5.82 Å². The van der Waals surface area contributed by atoms with Crippen molar-refractivity contribution in [2.75, 3.05) is 0 Å². The highest BCUT2D eigenvalue weighted by molar-refractivity contribution is 6.32. The third-order valence-corrected chi connectivity index (χ3v) is 9.72. The second-order valence-electron chi connectivity index (χ2n) is 13.5. The Balaban J connectivity index is 0.000000346. The minimum absolute atomic E-state index is 0. The minimum Gasteiger partial charge on any atom is -0.369 e. The number of hydrogen-bond acceptors (Lipinski definition) is 8. The van der Waals surface area contributed by atoms with Crippen LogP contribution in [0.15, 0.2) is 116 Å². The van der Waals surface area contributed by atoms with E-state index in [4.69, 9.17) is 52.0 Å². The summed E-state index contributed by atoms with van der Waals surface area (Å²) >= 11 is 18.1. The number of carbonyl (C=O) groups is 3. The van der Waals surface area contributed by atoms with Crippen LogP contribution in [-0.2, 0) is 54.5 Å². The molecule has 316 valence electrons. The topological polar surface area (TPSA) is 181 Å². The number of primary amides is 2. The van der Waals surface area contributed by atoms with Crippen molar-refractivity contribution in [2.45, 2.75) is 79.7 Å². The van der Waals surface area contributed by atoms with Crippen LogP contribution in [0.3, 0.4) is 0 Å². The van der Waals surface area contributed by atoms with Crippen molar-refractivity contribution < 1.29 is 14.4 Å². The lowest BCUT2D eigenvalue weighted by atomic mass is 9.99. The van der Waals surface area contributed by atoms with Crippen molar-refractivity contribution in [1.82, 2.24) is 19.9 Å². The van der Waals surface area contributed by atoms with Gasteiger partial charge in [-0.25, -0.2) is 19.9 Å². The minimum atomic E-state index is -0.354. The fraction of sp³-hybridized carbons (Fsp3) is 0.255. The largest absolute Gasteiger partial charge is 0.369 e. The number of nitrogens with two attached hydrogens (primary N) is 3. The van der Waals surface area contributed by atoms with Crippen molar-refractivity contribution in [1.29, 1.82) is 0 Å². The van der Waals surface area contributed by atoms with Crippen LogP contribution in [0, 0.1) is 0 Å². The number of hydrogen-bond donors (Lipinski definition) is 3. The number of carbonyl (C=O) groups excluding carboxylic acids is 3. The summed E-state index contributed by atoms with van der Waals surface area (Å²) in [7, 11) is 0. The number of nitrogens with zero attached hydrogens (tertiary/aromatic N) is 4. The molecular weight excluding hydrogens is 817 g/mol. The molecule has 2 amide bonds. The lowest BCUT2D eigenvalue weighted by Crippen LogP contribution is -2.15. The first-order valence-corrected chi connectivity index (χ1v) is 19.7. The Bertz CT molecular complexity index is 2310. The highest BCUT2D eigenvalue weighted by Gasteiger charge is 2.12. The van der Waals surface area contributed by atoms with E-state index < -0.39 is 0 Å². The van der Waals surface area contributed by atoms with Gasteiger partial charge < -0.3 is 17.2 Å². The van der Waals surface area contributed by atoms with Gasteiger partial charge >= 0.3 is 0 Å². The number of rotatable bonds is 14. The summed E-state index contributed by atoms with van der Waals surface area (Å²) in [5.41, 5.74) is 24.4. The van der Waals surface area contributed by atoms with E-state index in [0.717, 1.165) is 33.5 Å². The van der Waals surface area contributed by atoms with E-state index >= 15 is 0 Å². The SMILES string of the molecule is C.C.CC(=O)c1cccc(Cc2ncc(Cl)c(CCc3ccccc3CC(N)=O)n2)c1.CC(N)c1ccccc1.NC(=O)Cc1ccccc1CCc1nc(Cl)ncc1Cl. The fourth-order valence-corrected chi connectivity index (χ4v) is 6.45. The van der Waals surface area contributed by atoms with Crippen molar-refractivity contribution in [3.63, 3.8) is 0 Å². The molecule has 0 aliphatic carbocycles. The van der Waals surface area contributed by atoms with Crippen molar-refractivity contribution >= 4 is 52.4 Å². The van der Waals surface area contributed by atoms with Gasteiger partial charge in [0.2, 0.25) is 17.1 Å². The lowest BCUT2D eigenvalue weighted by Gasteiger charge is -2.10. The van der Waals surface area contributed by atoms with E-state index in [2.05, 4.69) is 19.9 Å². The van der Waals surface area contributed by atoms with E-state index in [-0.39, 0.29) is 56.6 Å². The molecule has 6 aromatic rings. The summed E-state index contributed by atoms with van der Waals surface area (Å²) < 4.78 is 0. The molecule has 0 fully saturated rings. The molecule has 0 saturated heterocycles. The zero-order valence-corrected chi connectivity index (χ0v) is 34.6. The average molecular weight is 871 g/mol. The average Bonchev–Trinajstić information content (AvgIpc) is 3.20. The zero-order valence-electron chi connectivity index (χ0n) is 32.4. The van der Waals surface area contributed by atoms with E-state index in [1.54, 1.807) is 19.2 Å². The van der Waals surface area contributed by atoms with Crippen molar-refractivity contribution in [3.05, 3.63) is 187 Å². The summed E-state index contributed by atoms with van der Waals surface area (Å²) in [5.74, 6) is -0.0251. The molecular formula is C47H54Cl3N7O3. The predicted molar refractivity (Wildman–Crippen MR) is 244 cm³/mol. The maximum absolute atomic E-state index is 11.6. The van der Waals surface area contributed by atoms with Gasteiger partial charge in [0.25, 0.3) is 0 Å². The Morgan fingerprint density at radius 3 is 1.58 bits per heavy atom. The van der Waals surface area contributed by atoms with Crippen LogP contribution in [0.4, 0.5) is 0 Å². The third kappa shape index (κ3) is 17.0. The van der Waals surface area contributed by atoms with E-state index in [0.29, 0.717) is 59.2 Å². The van der Waals surface area contributed by atoms with E-state index in [1.807, 2.05) is 104 Å². The van der Waals surface area contributed by atoms with Crippen molar-refractivity contribution in [3.8, 4) is 0 Å². The third-order valence-electron chi connectivity index (χ3n) is 8.90. The van der Waals surface area contributed by atoms with Gasteiger partial charge in [0, 0.05) is 24.2 Å². The molecule has 6 N–H and O–H groups in total. The fourth-order valence-electron chi connectivity index (χ4n) is 5.93. The molecule has 13 heteroatoms. The molecule has 6 rings (SSSR count). The molecule has 60 heavy (non-hydrogen) atoms. The number of amides is 2. The number of aromatic nitrogens is 4. The molecule has 0 aliphatic rings. The standard InChI is InChI=1S/C23H22ClN3O2.C14H13Cl2N3O.C8H11N.2CH4/c1-15(28)18-8-4-5-16(11-18)12-23-26-14-20(24)21(27-23)10-9-17-6-2-3-7-19(17)13-22(25)29;15-11-8-18-14(16)19-12(11)6-5-9-3-1-2-4-10(9)7-13(17)20;1-7(9)8-5-3-2-4-6-8;;/h2-8,11,14H,9-10,12-13H2,1H3,(H2,25,29);1-4,8H,5-7H2,(H2,17,20);2-7H,9H2,1H3;2*1H4. The van der Waals surface area contributed by atoms with Gasteiger partial charge in [0.05, 0.1) is 40.5 Å². The zero-order chi connectivity index (χ0) is 42.0. The summed E-state index contributed by atoms with van der Waals surface area (Å²) in [6, 6.07) is 33.1. The number of ketones is 1. The summed E-state index contributed by atoms with van der Waals surface area (Å²) in [4.78, 5) is 50.8. The summed E-state index contributed by atoms with van der Waals surface area (Å²) in [6.45, 7) is 3.53. The normalized spacial score (nSPS) is 10.6. The number of aryl methyl sites for hydroxylation is 4. The van der Waals surface area contributed by atoms with Gasteiger partial charge in [-0.05, 0) is 90.6 Å². The highest BCUT2D eigenvalue weighted by Crippen LogP contribution is 2.20. The number of Topliss-reactive ketones (excluding diaryl/α,β-unsaturated/α-hetero) is 1. The molecule has 4 aromatic carbocycles. The van der Waals surface area contributed by atoms with Crippen LogP contribution in [0.2, 0.25) is 15.3 Å². The molecule has 0 spiro atoms. The van der Waals surface area contributed by atoms with Gasteiger partial charge in [-0.15, -0.1) is 0 Å². The molecule has 1 atom stereocenters. The molecule has 2 aromatic heterocycles. The lowest BCUT2D eigenvalue weighted by molar-refractivity contribution is -0.118. The Hall–Kier alpha value is -5.52. The number of halogens is 3. The Morgan fingerprint density at radius 1 is 0.617 bits per heavy atom. The molecule has 0 bridgehead atoms. The van der Waals surface area contributed by atoms with Crippen molar-refractivity contribution in [2.24, 2.45) is 17.2 Å². The molecule has 2 heterocycles. The first-order chi connectivity index (χ1) is 27.8. The van der Waals surface area contributed by atoms with Gasteiger partial charge in [-0.2, -0.15) is 0 Å². The Kier molecular flexibility index (Phi) is 21.8. The first-order valence-electron chi connectivity index (χ1n) is 18.6. The first kappa shape index (κ1) is 50.6. The predicted octanol–water partition coefficient (Wildman–Crippen LogP) is 9.31. The maximum atomic E-state index is 11.6. The van der Waals surface area contributed by atoms with E-state index in [1.165, 1.54) is 11.8 Å². The molecule has 0 aliphatic heterocycles. The quantitative estimate of drug-likeness (QED) is 0.0715. The summed E-state index contributed by atoms with van der Waals surface area (Å²) in [5, 5.41) is 1.18. The van der Waals surface area contributed by atoms with Crippen LogP contribution in [0.25, 0.3) is 0 Å². The van der Waals surface area contributed by atoms with Gasteiger partial charge in [-0.1, -0.05) is 135 Å². The highest BCUT2D eigenvalue weighted by atomic mass is 35.5. The van der Waals surface area contributed by atoms with Gasteiger partial charge in [0.15, 0.2) is 5.78 Å². The van der Waals surface area contributed by atoms with Crippen LogP contribution in [-0.4, -0.2) is 37.5 Å². The smallest absolute Gasteiger partial charge is 0.222 e. The van der Waals surface area contributed by atoms with Crippen LogP contribution < -0.4 is 17.2 Å². The Labute approximate surface area is 369 Å². The van der Waals surface area contributed by atoms with Crippen LogP contribution >= 0.6 is 34.8 Å². The molecule has 10 nitrogen and oxygen atoms in total. The molecule has 0 saturated carbocycles. The molecule has 1 unspecified atom stereocenters. The summed E-state index contributed by atoms with van der Waals surface area (Å²) in [6.07, 6.45) is 6.71. The monoisotopic (exact) mass is 869 g/mol. The second kappa shape index (κ2) is 25.9. The van der Waals surface area contributed by atoms with Crippen LogP contribution in [0.5, 0.6) is 0 Å². The second-order valence-corrected chi connectivity index (χ2v) is 14.6. The van der Waals surface area contributed by atoms with E-state index in [9.17, 15) is 14.4 Å². The number of benzene rings is 4. The molecule has 0 radical (unpaired) electrons.